The molecule has 150 valence electrons. The van der Waals surface area contributed by atoms with Crippen LogP contribution in [-0.2, 0) is 11.3 Å². The van der Waals surface area contributed by atoms with E-state index in [0.29, 0.717) is 24.4 Å². The van der Waals surface area contributed by atoms with Gasteiger partial charge in [-0.3, -0.25) is 20.4 Å². The Hall–Kier alpha value is -3.55. The van der Waals surface area contributed by atoms with Gasteiger partial charge in [-0.1, -0.05) is 63.2 Å². The van der Waals surface area contributed by atoms with Crippen LogP contribution in [0.4, 0.5) is 0 Å². The van der Waals surface area contributed by atoms with E-state index < -0.39 is 0 Å². The molecule has 8 heteroatoms. The van der Waals surface area contributed by atoms with E-state index in [9.17, 15) is 9.59 Å². The summed E-state index contributed by atoms with van der Waals surface area (Å²) in [4.78, 5) is 25.5. The Kier molecular flexibility index (Phi) is 6.01. The number of rotatable bonds is 5. The third-order valence-corrected chi connectivity index (χ3v) is 4.03. The van der Waals surface area contributed by atoms with Crippen LogP contribution in [0.5, 0.6) is 0 Å². The average molecular weight is 392 g/mol. The molecule has 0 saturated carbocycles. The summed E-state index contributed by atoms with van der Waals surface area (Å²) in [5.41, 5.74) is 7.00. The first kappa shape index (κ1) is 20.2. The molecule has 2 aromatic carbocycles. The van der Waals surface area contributed by atoms with Gasteiger partial charge in [0.25, 0.3) is 5.91 Å². The Morgan fingerprint density at radius 1 is 0.966 bits per heavy atom. The van der Waals surface area contributed by atoms with Gasteiger partial charge >= 0.3 is 0 Å². The minimum Gasteiger partial charge on any atom is -0.273 e. The molecule has 29 heavy (non-hydrogen) atoms. The number of carbonyl (C=O) groups excluding carboxylic acids is 2. The van der Waals surface area contributed by atoms with Crippen LogP contribution in [0.15, 0.2) is 54.6 Å². The summed E-state index contributed by atoms with van der Waals surface area (Å²) in [6.07, 6.45) is 0.322. The maximum atomic E-state index is 12.2. The van der Waals surface area contributed by atoms with Gasteiger partial charge in [0.2, 0.25) is 11.7 Å². The van der Waals surface area contributed by atoms with Crippen LogP contribution >= 0.6 is 0 Å². The zero-order valence-electron chi connectivity index (χ0n) is 16.7. The SMILES string of the molecule is CC(C)(C)CC(=O)NNC(=O)c1ccc(Cn2nnc(-c3ccccc3)n2)cc1. The van der Waals surface area contributed by atoms with Gasteiger partial charge in [-0.05, 0) is 28.3 Å². The zero-order valence-corrected chi connectivity index (χ0v) is 16.7. The Balaban J connectivity index is 1.56. The van der Waals surface area contributed by atoms with E-state index in [0.717, 1.165) is 11.1 Å². The molecule has 0 aliphatic carbocycles. The number of aromatic nitrogens is 4. The van der Waals surface area contributed by atoms with E-state index >= 15 is 0 Å². The minimum atomic E-state index is -0.371. The molecule has 2 N–H and O–H groups in total. The fourth-order valence-electron chi connectivity index (χ4n) is 2.66. The Labute approximate surface area is 169 Å². The lowest BCUT2D eigenvalue weighted by Crippen LogP contribution is -2.42. The third kappa shape index (κ3) is 5.97. The van der Waals surface area contributed by atoms with E-state index in [1.807, 2.05) is 63.2 Å². The van der Waals surface area contributed by atoms with Crippen LogP contribution in [0.25, 0.3) is 11.4 Å². The van der Waals surface area contributed by atoms with Crippen LogP contribution in [0.2, 0.25) is 0 Å². The van der Waals surface area contributed by atoms with Gasteiger partial charge in [-0.2, -0.15) is 4.80 Å². The molecule has 0 unspecified atom stereocenters. The lowest BCUT2D eigenvalue weighted by Gasteiger charge is -2.17. The van der Waals surface area contributed by atoms with Crippen LogP contribution in [0, 0.1) is 5.41 Å². The molecule has 1 heterocycles. The number of benzene rings is 2. The lowest BCUT2D eigenvalue weighted by atomic mass is 9.92. The van der Waals surface area contributed by atoms with Crippen LogP contribution < -0.4 is 10.9 Å². The molecular weight excluding hydrogens is 368 g/mol. The maximum absolute atomic E-state index is 12.2. The fourth-order valence-corrected chi connectivity index (χ4v) is 2.66. The first-order chi connectivity index (χ1) is 13.8. The molecule has 0 aliphatic heterocycles. The molecule has 0 fully saturated rings. The summed E-state index contributed by atoms with van der Waals surface area (Å²) in [5, 5.41) is 12.5. The smallest absolute Gasteiger partial charge is 0.269 e. The number of carbonyl (C=O) groups is 2. The van der Waals surface area contributed by atoms with E-state index in [2.05, 4.69) is 26.3 Å². The van der Waals surface area contributed by atoms with E-state index in [1.165, 1.54) is 4.80 Å². The molecule has 2 amide bonds. The van der Waals surface area contributed by atoms with Gasteiger partial charge in [0.15, 0.2) is 0 Å². The number of amides is 2. The predicted molar refractivity (Wildman–Crippen MR) is 108 cm³/mol. The standard InChI is InChI=1S/C21H24N6O2/c1-21(2,3)13-18(28)22-24-20(29)17-11-9-15(10-12-17)14-27-25-19(23-26-27)16-7-5-4-6-8-16/h4-12H,13-14H2,1-3H3,(H,22,28)(H,24,29). The Bertz CT molecular complexity index is 974. The number of hydrogen-bond acceptors (Lipinski definition) is 5. The second-order valence-electron chi connectivity index (χ2n) is 7.95. The van der Waals surface area contributed by atoms with Crippen LogP contribution in [0.1, 0.15) is 43.1 Å². The summed E-state index contributed by atoms with van der Waals surface area (Å²) in [6, 6.07) is 16.6. The van der Waals surface area contributed by atoms with Gasteiger partial charge < -0.3 is 0 Å². The number of nitrogens with zero attached hydrogens (tertiary/aromatic N) is 4. The van der Waals surface area contributed by atoms with Crippen molar-refractivity contribution in [2.24, 2.45) is 5.41 Å². The van der Waals surface area contributed by atoms with Crippen molar-refractivity contribution < 1.29 is 9.59 Å². The van der Waals surface area contributed by atoms with Crippen molar-refractivity contribution in [1.82, 2.24) is 31.1 Å². The van der Waals surface area contributed by atoms with Gasteiger partial charge in [0, 0.05) is 17.5 Å². The van der Waals surface area contributed by atoms with Crippen molar-refractivity contribution in [2.45, 2.75) is 33.7 Å². The maximum Gasteiger partial charge on any atom is 0.269 e. The molecule has 0 radical (unpaired) electrons. The van der Waals surface area contributed by atoms with E-state index in [-0.39, 0.29) is 17.2 Å². The summed E-state index contributed by atoms with van der Waals surface area (Å²) in [6.45, 7) is 6.31. The molecule has 0 spiro atoms. The van der Waals surface area contributed by atoms with Gasteiger partial charge in [0.05, 0.1) is 6.54 Å². The minimum absolute atomic E-state index is 0.147. The summed E-state index contributed by atoms with van der Waals surface area (Å²) < 4.78 is 0. The highest BCUT2D eigenvalue weighted by molar-refractivity contribution is 5.95. The Morgan fingerprint density at radius 2 is 1.66 bits per heavy atom. The monoisotopic (exact) mass is 392 g/mol. The number of nitrogens with one attached hydrogen (secondary N) is 2. The molecule has 0 atom stereocenters. The number of hydrazine groups is 1. The third-order valence-electron chi connectivity index (χ3n) is 4.03. The highest BCUT2D eigenvalue weighted by Gasteiger charge is 2.16. The van der Waals surface area contributed by atoms with Gasteiger partial charge in [-0.15, -0.1) is 10.2 Å². The van der Waals surface area contributed by atoms with Crippen molar-refractivity contribution in [3.05, 3.63) is 65.7 Å². The first-order valence-corrected chi connectivity index (χ1v) is 9.31. The molecule has 3 rings (SSSR count). The average Bonchev–Trinajstić information content (AvgIpc) is 3.14. The quantitative estimate of drug-likeness (QED) is 0.650. The van der Waals surface area contributed by atoms with Gasteiger partial charge in [-0.25, -0.2) is 0 Å². The molecule has 0 bridgehead atoms. The molecule has 0 saturated heterocycles. The molecular formula is C21H24N6O2. The van der Waals surface area contributed by atoms with Crippen LogP contribution in [0.3, 0.4) is 0 Å². The topological polar surface area (TPSA) is 102 Å². The summed E-state index contributed by atoms with van der Waals surface area (Å²) in [7, 11) is 0. The second kappa shape index (κ2) is 8.64. The van der Waals surface area contributed by atoms with Crippen molar-refractivity contribution in [1.29, 1.82) is 0 Å². The van der Waals surface area contributed by atoms with Crippen molar-refractivity contribution in [3.63, 3.8) is 0 Å². The molecule has 1 aromatic heterocycles. The van der Waals surface area contributed by atoms with Crippen molar-refractivity contribution in [2.75, 3.05) is 0 Å². The number of hydrogen-bond donors (Lipinski definition) is 2. The van der Waals surface area contributed by atoms with Crippen molar-refractivity contribution >= 4 is 11.8 Å². The Morgan fingerprint density at radius 3 is 2.31 bits per heavy atom. The van der Waals surface area contributed by atoms with Crippen LogP contribution in [-0.4, -0.2) is 32.0 Å². The summed E-state index contributed by atoms with van der Waals surface area (Å²) >= 11 is 0. The second-order valence-corrected chi connectivity index (χ2v) is 7.95. The largest absolute Gasteiger partial charge is 0.273 e. The zero-order chi connectivity index (χ0) is 20.9. The lowest BCUT2D eigenvalue weighted by molar-refractivity contribution is -0.123. The van der Waals surface area contributed by atoms with E-state index in [4.69, 9.17) is 0 Å². The molecule has 0 aliphatic rings. The normalized spacial score (nSPS) is 11.1. The fraction of sp³-hybridized carbons (Fsp3) is 0.286. The summed E-state index contributed by atoms with van der Waals surface area (Å²) in [5.74, 6) is -0.0365. The highest BCUT2D eigenvalue weighted by Crippen LogP contribution is 2.17. The number of tetrazole rings is 1. The van der Waals surface area contributed by atoms with Crippen molar-refractivity contribution in [3.8, 4) is 11.4 Å². The molecule has 8 nitrogen and oxygen atoms in total. The van der Waals surface area contributed by atoms with Gasteiger partial charge in [0.1, 0.15) is 0 Å². The van der Waals surface area contributed by atoms with E-state index in [1.54, 1.807) is 12.1 Å². The highest BCUT2D eigenvalue weighted by atomic mass is 16.2. The first-order valence-electron chi connectivity index (χ1n) is 9.31. The molecule has 3 aromatic rings. The predicted octanol–water partition coefficient (Wildman–Crippen LogP) is 2.59.